The van der Waals surface area contributed by atoms with Crippen molar-refractivity contribution in [1.29, 1.82) is 0 Å². The summed E-state index contributed by atoms with van der Waals surface area (Å²) in [6.45, 7) is 2.19. The molecule has 1 aromatic heterocycles. The Morgan fingerprint density at radius 1 is 1.53 bits per heavy atom. The fourth-order valence-electron chi connectivity index (χ4n) is 1.09. The van der Waals surface area contributed by atoms with Gasteiger partial charge in [0, 0.05) is 12.6 Å². The van der Waals surface area contributed by atoms with E-state index >= 15 is 0 Å². The summed E-state index contributed by atoms with van der Waals surface area (Å²) in [4.78, 5) is 21.8. The van der Waals surface area contributed by atoms with Gasteiger partial charge in [0.25, 0.3) is 0 Å². The van der Waals surface area contributed by atoms with Gasteiger partial charge in [-0.15, -0.1) is 0 Å². The van der Waals surface area contributed by atoms with Gasteiger partial charge in [-0.25, -0.2) is 4.79 Å². The molecule has 1 heterocycles. The summed E-state index contributed by atoms with van der Waals surface area (Å²) in [5.41, 5.74) is 0.624. The molecule has 7 heteroatoms. The zero-order valence-corrected chi connectivity index (χ0v) is 9.47. The number of aromatic nitrogens is 1. The number of carbonyl (C=O) groups excluding carboxylic acids is 1. The molecule has 1 rings (SSSR count). The lowest BCUT2D eigenvalue weighted by Gasteiger charge is -2.08. The molecule has 0 aliphatic heterocycles. The second-order valence-electron chi connectivity index (χ2n) is 3.63. The highest BCUT2D eigenvalue weighted by molar-refractivity contribution is 5.74. The third kappa shape index (κ3) is 5.01. The van der Waals surface area contributed by atoms with E-state index < -0.39 is 11.9 Å². The molecule has 94 valence electrons. The topological polar surface area (TPSA) is 104 Å². The summed E-state index contributed by atoms with van der Waals surface area (Å²) in [7, 11) is 0. The monoisotopic (exact) mass is 241 g/mol. The van der Waals surface area contributed by atoms with Crippen molar-refractivity contribution in [3.8, 4) is 0 Å². The van der Waals surface area contributed by atoms with E-state index in [1.165, 1.54) is 6.26 Å². The van der Waals surface area contributed by atoms with Crippen molar-refractivity contribution in [3.05, 3.63) is 18.0 Å². The summed E-state index contributed by atoms with van der Waals surface area (Å²) in [6.07, 6.45) is 1.82. The van der Waals surface area contributed by atoms with Crippen LogP contribution in [0.1, 0.15) is 19.0 Å². The molecular formula is C10H15N3O4. The number of nitrogens with one attached hydrogen (secondary N) is 2. The van der Waals surface area contributed by atoms with Gasteiger partial charge >= 0.3 is 12.0 Å². The van der Waals surface area contributed by atoms with E-state index in [0.717, 1.165) is 0 Å². The van der Waals surface area contributed by atoms with Gasteiger partial charge in [0.1, 0.15) is 12.0 Å². The van der Waals surface area contributed by atoms with Gasteiger partial charge < -0.3 is 20.3 Å². The highest BCUT2D eigenvalue weighted by atomic mass is 16.5. The van der Waals surface area contributed by atoms with Crippen LogP contribution in [-0.4, -0.2) is 28.8 Å². The number of nitrogens with zero attached hydrogens (tertiary/aromatic N) is 1. The molecule has 3 N–H and O–H groups in total. The van der Waals surface area contributed by atoms with Crippen molar-refractivity contribution in [1.82, 2.24) is 15.8 Å². The van der Waals surface area contributed by atoms with Gasteiger partial charge in [0.05, 0.1) is 12.5 Å². The summed E-state index contributed by atoms with van der Waals surface area (Å²) in [6, 6.07) is 1.29. The van der Waals surface area contributed by atoms with Crippen LogP contribution in [0.25, 0.3) is 0 Å². The van der Waals surface area contributed by atoms with Crippen LogP contribution in [-0.2, 0) is 11.3 Å². The smallest absolute Gasteiger partial charge is 0.315 e. The Hall–Kier alpha value is -2.05. The Morgan fingerprint density at radius 3 is 2.88 bits per heavy atom. The quantitative estimate of drug-likeness (QED) is 0.676. The van der Waals surface area contributed by atoms with Gasteiger partial charge in [-0.3, -0.25) is 4.79 Å². The molecule has 0 aromatic carbocycles. The minimum absolute atomic E-state index is 0.275. The molecule has 2 amide bonds. The largest absolute Gasteiger partial charge is 0.481 e. The fourth-order valence-corrected chi connectivity index (χ4v) is 1.09. The van der Waals surface area contributed by atoms with Crippen LogP contribution in [0.3, 0.4) is 0 Å². The fraction of sp³-hybridized carbons (Fsp3) is 0.500. The Morgan fingerprint density at radius 2 is 2.29 bits per heavy atom. The first-order valence-corrected chi connectivity index (χ1v) is 5.23. The molecule has 1 unspecified atom stereocenters. The molecule has 17 heavy (non-hydrogen) atoms. The van der Waals surface area contributed by atoms with Crippen LogP contribution in [0.2, 0.25) is 0 Å². The van der Waals surface area contributed by atoms with E-state index in [2.05, 4.69) is 20.3 Å². The van der Waals surface area contributed by atoms with Crippen molar-refractivity contribution in [2.75, 3.05) is 6.54 Å². The Bertz CT molecular complexity index is 364. The Balaban J connectivity index is 2.11. The van der Waals surface area contributed by atoms with Crippen molar-refractivity contribution >= 4 is 12.0 Å². The predicted octanol–water partition coefficient (Wildman–Crippen LogP) is 0.585. The van der Waals surface area contributed by atoms with E-state index in [1.807, 2.05) is 0 Å². The van der Waals surface area contributed by atoms with Crippen LogP contribution < -0.4 is 10.6 Å². The number of amides is 2. The molecule has 0 fully saturated rings. The van der Waals surface area contributed by atoms with E-state index in [9.17, 15) is 9.59 Å². The minimum atomic E-state index is -0.866. The standard InChI is InChI=1S/C10H15N3O4/c1-7(9(14)15)2-4-11-10(16)12-6-8-3-5-17-13-8/h3,5,7H,2,4,6H2,1H3,(H,14,15)(H2,11,12,16). The van der Waals surface area contributed by atoms with Crippen molar-refractivity contribution < 1.29 is 19.2 Å². The molecule has 1 aromatic rings. The number of aliphatic carboxylic acids is 1. The molecule has 0 aliphatic carbocycles. The third-order valence-electron chi connectivity index (χ3n) is 2.21. The zero-order chi connectivity index (χ0) is 12.7. The second-order valence-corrected chi connectivity index (χ2v) is 3.63. The first-order valence-electron chi connectivity index (χ1n) is 5.23. The van der Waals surface area contributed by atoms with Gasteiger partial charge in [-0.05, 0) is 6.42 Å². The number of hydrogen-bond acceptors (Lipinski definition) is 4. The lowest BCUT2D eigenvalue weighted by atomic mass is 10.1. The summed E-state index contributed by atoms with van der Waals surface area (Å²) in [5, 5.41) is 17.4. The normalized spacial score (nSPS) is 11.8. The van der Waals surface area contributed by atoms with Crippen LogP contribution in [0.5, 0.6) is 0 Å². The highest BCUT2D eigenvalue weighted by Crippen LogP contribution is 1.99. The average molecular weight is 241 g/mol. The summed E-state index contributed by atoms with van der Waals surface area (Å²) >= 11 is 0. The molecule has 7 nitrogen and oxygen atoms in total. The van der Waals surface area contributed by atoms with E-state index in [0.29, 0.717) is 18.7 Å². The Kier molecular flexibility index (Phi) is 4.99. The summed E-state index contributed by atoms with van der Waals surface area (Å²) in [5.74, 6) is -1.33. The predicted molar refractivity (Wildman–Crippen MR) is 58.2 cm³/mol. The van der Waals surface area contributed by atoms with Gasteiger partial charge in [0.15, 0.2) is 0 Å². The molecule has 0 aliphatic rings. The van der Waals surface area contributed by atoms with Crippen molar-refractivity contribution in [2.45, 2.75) is 19.9 Å². The van der Waals surface area contributed by atoms with Gasteiger partial charge in [0.2, 0.25) is 0 Å². The third-order valence-corrected chi connectivity index (χ3v) is 2.21. The summed E-state index contributed by atoms with van der Waals surface area (Å²) < 4.78 is 4.60. The average Bonchev–Trinajstić information content (AvgIpc) is 2.78. The minimum Gasteiger partial charge on any atom is -0.481 e. The van der Waals surface area contributed by atoms with Crippen LogP contribution in [0.15, 0.2) is 16.9 Å². The number of carboxylic acid groups (broad SMARTS) is 1. The molecule has 1 atom stereocenters. The maximum atomic E-state index is 11.3. The maximum absolute atomic E-state index is 11.3. The molecule has 0 radical (unpaired) electrons. The number of hydrogen-bond donors (Lipinski definition) is 3. The lowest BCUT2D eigenvalue weighted by Crippen LogP contribution is -2.36. The van der Waals surface area contributed by atoms with E-state index in [4.69, 9.17) is 5.11 Å². The highest BCUT2D eigenvalue weighted by Gasteiger charge is 2.10. The number of carbonyl (C=O) groups is 2. The van der Waals surface area contributed by atoms with Crippen molar-refractivity contribution in [2.24, 2.45) is 5.92 Å². The first kappa shape index (κ1) is 13.0. The lowest BCUT2D eigenvalue weighted by molar-refractivity contribution is -0.141. The molecule has 0 bridgehead atoms. The molecule has 0 saturated carbocycles. The molecular weight excluding hydrogens is 226 g/mol. The Labute approximate surface area is 98.2 Å². The molecule has 0 saturated heterocycles. The number of rotatable bonds is 6. The number of carboxylic acids is 1. The van der Waals surface area contributed by atoms with Crippen LogP contribution in [0, 0.1) is 5.92 Å². The molecule has 0 spiro atoms. The van der Waals surface area contributed by atoms with E-state index in [-0.39, 0.29) is 12.6 Å². The SMILES string of the molecule is CC(CCNC(=O)NCc1ccon1)C(=O)O. The number of urea groups is 1. The second kappa shape index (κ2) is 6.51. The zero-order valence-electron chi connectivity index (χ0n) is 9.47. The van der Waals surface area contributed by atoms with Crippen LogP contribution >= 0.6 is 0 Å². The van der Waals surface area contributed by atoms with Crippen LogP contribution in [0.4, 0.5) is 4.79 Å². The van der Waals surface area contributed by atoms with Gasteiger partial charge in [-0.1, -0.05) is 12.1 Å². The maximum Gasteiger partial charge on any atom is 0.315 e. The first-order chi connectivity index (χ1) is 8.09. The van der Waals surface area contributed by atoms with Crippen molar-refractivity contribution in [3.63, 3.8) is 0 Å². The van der Waals surface area contributed by atoms with E-state index in [1.54, 1.807) is 13.0 Å². The van der Waals surface area contributed by atoms with Gasteiger partial charge in [-0.2, -0.15) is 0 Å².